The first-order valence-electron chi connectivity index (χ1n) is 7.66. The third kappa shape index (κ3) is 2.39. The van der Waals surface area contributed by atoms with Crippen molar-refractivity contribution < 1.29 is 9.26 Å². The Kier molecular flexibility index (Phi) is 3.90. The zero-order valence-corrected chi connectivity index (χ0v) is 13.8. The summed E-state index contributed by atoms with van der Waals surface area (Å²) in [6.07, 6.45) is 2.22. The van der Waals surface area contributed by atoms with Gasteiger partial charge in [-0.1, -0.05) is 5.16 Å². The number of aryl methyl sites for hydroxylation is 3. The van der Waals surface area contributed by atoms with Crippen LogP contribution in [0, 0.1) is 13.8 Å². The van der Waals surface area contributed by atoms with Gasteiger partial charge in [0, 0.05) is 13.1 Å². The van der Waals surface area contributed by atoms with Crippen LogP contribution in [0.15, 0.2) is 4.52 Å². The normalized spacial score (nSPS) is 20.5. The van der Waals surface area contributed by atoms with E-state index >= 15 is 0 Å². The second-order valence-electron chi connectivity index (χ2n) is 5.88. The van der Waals surface area contributed by atoms with E-state index < -0.39 is 0 Å². The van der Waals surface area contributed by atoms with Crippen molar-refractivity contribution in [1.29, 1.82) is 0 Å². The van der Waals surface area contributed by atoms with Crippen molar-refractivity contribution in [2.45, 2.75) is 45.7 Å². The average molecular weight is 305 g/mol. The highest BCUT2D eigenvalue weighted by molar-refractivity contribution is 5.35. The maximum absolute atomic E-state index is 5.57. The smallest absolute Gasteiger partial charge is 0.243 e. The summed E-state index contributed by atoms with van der Waals surface area (Å²) in [6.45, 7) is 7.00. The van der Waals surface area contributed by atoms with Gasteiger partial charge in [-0.25, -0.2) is 4.68 Å². The third-order valence-corrected chi connectivity index (χ3v) is 4.43. The maximum atomic E-state index is 5.57. The zero-order chi connectivity index (χ0) is 15.9. The zero-order valence-electron chi connectivity index (χ0n) is 13.8. The van der Waals surface area contributed by atoms with Crippen molar-refractivity contribution in [3.63, 3.8) is 0 Å². The first-order valence-corrected chi connectivity index (χ1v) is 7.66. The second kappa shape index (κ2) is 5.72. The van der Waals surface area contributed by atoms with E-state index in [1.807, 2.05) is 25.6 Å². The lowest BCUT2D eigenvalue weighted by Gasteiger charge is -2.28. The fourth-order valence-corrected chi connectivity index (χ4v) is 3.47. The van der Waals surface area contributed by atoms with Gasteiger partial charge in [0.05, 0.1) is 24.4 Å². The number of aromatic nitrogens is 4. The molecule has 0 saturated carbocycles. The molecule has 1 saturated heterocycles. The Morgan fingerprint density at radius 2 is 2.14 bits per heavy atom. The number of methoxy groups -OCH3 is 1. The minimum Gasteiger partial charge on any atom is -0.481 e. The lowest BCUT2D eigenvalue weighted by molar-refractivity contribution is 0.156. The predicted molar refractivity (Wildman–Crippen MR) is 80.6 cm³/mol. The van der Waals surface area contributed by atoms with E-state index in [1.54, 1.807) is 7.11 Å². The Morgan fingerprint density at radius 1 is 1.36 bits per heavy atom. The lowest BCUT2D eigenvalue weighted by atomic mass is 10.0. The van der Waals surface area contributed by atoms with Crippen LogP contribution in [0.25, 0.3) is 0 Å². The monoisotopic (exact) mass is 305 g/mol. The lowest BCUT2D eigenvalue weighted by Crippen LogP contribution is -2.27. The van der Waals surface area contributed by atoms with E-state index in [2.05, 4.69) is 27.1 Å². The molecule has 22 heavy (non-hydrogen) atoms. The SMILES string of the molecule is COc1c([C@@H]2CCCN2[C@@H](C)c2nc(C)no2)c(C)nn1C. The topological polar surface area (TPSA) is 69.2 Å². The van der Waals surface area contributed by atoms with E-state index in [4.69, 9.17) is 9.26 Å². The van der Waals surface area contributed by atoms with Crippen LogP contribution in [-0.2, 0) is 7.05 Å². The van der Waals surface area contributed by atoms with E-state index in [-0.39, 0.29) is 12.1 Å². The van der Waals surface area contributed by atoms with E-state index in [0.717, 1.165) is 31.0 Å². The summed E-state index contributed by atoms with van der Waals surface area (Å²) >= 11 is 0. The molecule has 3 rings (SSSR count). The Balaban J connectivity index is 1.94. The van der Waals surface area contributed by atoms with E-state index in [9.17, 15) is 0 Å². The maximum Gasteiger partial charge on any atom is 0.243 e. The molecule has 2 aromatic rings. The minimum absolute atomic E-state index is 0.0815. The molecular formula is C15H23N5O2. The summed E-state index contributed by atoms with van der Waals surface area (Å²) in [5, 5.41) is 8.42. The van der Waals surface area contributed by atoms with Crippen LogP contribution in [0.5, 0.6) is 5.88 Å². The fraction of sp³-hybridized carbons (Fsp3) is 0.667. The number of rotatable bonds is 4. The fourth-order valence-electron chi connectivity index (χ4n) is 3.47. The second-order valence-corrected chi connectivity index (χ2v) is 5.88. The molecule has 1 aliphatic heterocycles. The van der Waals surface area contributed by atoms with Gasteiger partial charge < -0.3 is 9.26 Å². The Bertz CT molecular complexity index is 663. The van der Waals surface area contributed by atoms with Crippen LogP contribution in [0.3, 0.4) is 0 Å². The summed E-state index contributed by atoms with van der Waals surface area (Å²) in [7, 11) is 3.61. The van der Waals surface area contributed by atoms with Crippen LogP contribution in [0.4, 0.5) is 0 Å². The average Bonchev–Trinajstić information content (AvgIpc) is 3.16. The number of ether oxygens (including phenoxy) is 1. The molecule has 0 bridgehead atoms. The molecule has 2 aromatic heterocycles. The molecule has 120 valence electrons. The Labute approximate surface area is 130 Å². The van der Waals surface area contributed by atoms with Gasteiger partial charge >= 0.3 is 0 Å². The minimum atomic E-state index is 0.0815. The molecule has 0 aliphatic carbocycles. The van der Waals surface area contributed by atoms with Crippen molar-refractivity contribution in [3.05, 3.63) is 23.0 Å². The Morgan fingerprint density at radius 3 is 2.77 bits per heavy atom. The van der Waals surface area contributed by atoms with Crippen LogP contribution in [0.1, 0.15) is 54.8 Å². The van der Waals surface area contributed by atoms with Crippen LogP contribution >= 0.6 is 0 Å². The predicted octanol–water partition coefficient (Wildman–Crippen LogP) is 2.33. The molecule has 1 aliphatic rings. The van der Waals surface area contributed by atoms with E-state index in [0.29, 0.717) is 11.7 Å². The quantitative estimate of drug-likeness (QED) is 0.863. The van der Waals surface area contributed by atoms with Gasteiger partial charge in [-0.05, 0) is 40.2 Å². The molecule has 0 unspecified atom stereocenters. The van der Waals surface area contributed by atoms with Gasteiger partial charge in [-0.3, -0.25) is 4.90 Å². The van der Waals surface area contributed by atoms with Crippen LogP contribution in [0.2, 0.25) is 0 Å². The van der Waals surface area contributed by atoms with Gasteiger partial charge in [0.15, 0.2) is 5.82 Å². The first-order chi connectivity index (χ1) is 10.5. The summed E-state index contributed by atoms with van der Waals surface area (Å²) in [5.41, 5.74) is 2.19. The van der Waals surface area contributed by atoms with Crippen molar-refractivity contribution in [2.24, 2.45) is 7.05 Å². The van der Waals surface area contributed by atoms with Crippen molar-refractivity contribution in [1.82, 2.24) is 24.8 Å². The summed E-state index contributed by atoms with van der Waals surface area (Å²) in [6, 6.07) is 0.351. The van der Waals surface area contributed by atoms with Crippen molar-refractivity contribution >= 4 is 0 Å². The van der Waals surface area contributed by atoms with Gasteiger partial charge in [-0.2, -0.15) is 10.1 Å². The van der Waals surface area contributed by atoms with Crippen LogP contribution in [-0.4, -0.2) is 38.5 Å². The largest absolute Gasteiger partial charge is 0.481 e. The number of nitrogens with zero attached hydrogens (tertiary/aromatic N) is 5. The molecule has 0 spiro atoms. The molecule has 7 heteroatoms. The molecule has 0 amide bonds. The summed E-state index contributed by atoms with van der Waals surface area (Å²) in [4.78, 5) is 6.78. The standard InChI is InChI=1S/C15H23N5O2/c1-9-13(15(21-5)19(4)17-9)12-7-6-8-20(12)10(2)14-16-11(3)18-22-14/h10,12H,6-8H2,1-5H3/t10-,12-/m0/s1. The van der Waals surface area contributed by atoms with Crippen molar-refractivity contribution in [2.75, 3.05) is 13.7 Å². The van der Waals surface area contributed by atoms with E-state index in [1.165, 1.54) is 5.56 Å². The Hall–Kier alpha value is -1.89. The highest BCUT2D eigenvalue weighted by Crippen LogP contribution is 2.42. The number of hydrogen-bond acceptors (Lipinski definition) is 6. The molecule has 1 fully saturated rings. The summed E-state index contributed by atoms with van der Waals surface area (Å²) < 4.78 is 12.7. The molecule has 0 radical (unpaired) electrons. The molecule has 0 N–H and O–H groups in total. The first kappa shape index (κ1) is 15.0. The molecule has 2 atom stereocenters. The number of likely N-dealkylation sites (tertiary alicyclic amines) is 1. The molecular weight excluding hydrogens is 282 g/mol. The molecule has 0 aromatic carbocycles. The van der Waals surface area contributed by atoms with Gasteiger partial charge in [-0.15, -0.1) is 0 Å². The number of hydrogen-bond donors (Lipinski definition) is 0. The highest BCUT2D eigenvalue weighted by atomic mass is 16.5. The highest BCUT2D eigenvalue weighted by Gasteiger charge is 2.36. The summed E-state index contributed by atoms with van der Waals surface area (Å²) in [5.74, 6) is 2.18. The van der Waals surface area contributed by atoms with Gasteiger partial charge in [0.2, 0.25) is 11.8 Å². The van der Waals surface area contributed by atoms with Crippen molar-refractivity contribution in [3.8, 4) is 5.88 Å². The van der Waals surface area contributed by atoms with Gasteiger partial charge in [0.1, 0.15) is 0 Å². The van der Waals surface area contributed by atoms with Gasteiger partial charge in [0.25, 0.3) is 0 Å². The third-order valence-electron chi connectivity index (χ3n) is 4.43. The molecule has 3 heterocycles. The molecule has 7 nitrogen and oxygen atoms in total. The van der Waals surface area contributed by atoms with Crippen LogP contribution < -0.4 is 4.74 Å².